The molecule has 4 heterocycles. The standard InChI is InChI=1S/C23H22FN7O4/c24-15-3-4-16-18(14(15)10-25)30(9-8-29-7-1-2-13(32)11-29)21(33)19-17(26-12-31(16)19)20-27-22(35-28-20)23(34)5-6-23/h3-4,12-13,32,34H,1-2,5-9,11H2. The number of likely N-dealkylation sites (tertiary alicyclic amines) is 1. The van der Waals surface area contributed by atoms with E-state index in [9.17, 15) is 24.7 Å². The minimum Gasteiger partial charge on any atom is -0.392 e. The molecule has 2 aliphatic rings. The van der Waals surface area contributed by atoms with E-state index in [4.69, 9.17) is 4.52 Å². The zero-order valence-electron chi connectivity index (χ0n) is 18.7. The number of aliphatic hydroxyl groups excluding tert-OH is 1. The van der Waals surface area contributed by atoms with Gasteiger partial charge in [-0.1, -0.05) is 5.16 Å². The zero-order chi connectivity index (χ0) is 24.3. The van der Waals surface area contributed by atoms with Gasteiger partial charge in [-0.25, -0.2) is 9.37 Å². The SMILES string of the molecule is N#Cc1c(F)ccc2c1n(CCN1CCCC(O)C1)c(=O)c1c(-c3noc(C4(O)CC4)n3)ncn12. The minimum absolute atomic E-state index is 0.0626. The van der Waals surface area contributed by atoms with E-state index in [1.807, 2.05) is 11.0 Å². The largest absolute Gasteiger partial charge is 0.392 e. The normalized spacial score (nSPS) is 19.9. The first kappa shape index (κ1) is 21.8. The number of hydrogen-bond donors (Lipinski definition) is 2. The Morgan fingerprint density at radius 1 is 1.29 bits per heavy atom. The summed E-state index contributed by atoms with van der Waals surface area (Å²) < 4.78 is 22.7. The van der Waals surface area contributed by atoms with Crippen LogP contribution in [0.3, 0.4) is 0 Å². The quantitative estimate of drug-likeness (QED) is 0.430. The summed E-state index contributed by atoms with van der Waals surface area (Å²) in [4.78, 5) is 24.4. The molecule has 1 unspecified atom stereocenters. The summed E-state index contributed by atoms with van der Waals surface area (Å²) in [6.45, 7) is 1.88. The van der Waals surface area contributed by atoms with Crippen molar-refractivity contribution in [2.24, 2.45) is 0 Å². The summed E-state index contributed by atoms with van der Waals surface area (Å²) in [7, 11) is 0. The molecule has 0 spiro atoms. The Balaban J connectivity index is 1.53. The first-order valence-corrected chi connectivity index (χ1v) is 11.5. The Morgan fingerprint density at radius 2 is 2.11 bits per heavy atom. The van der Waals surface area contributed by atoms with Crippen molar-refractivity contribution in [2.75, 3.05) is 19.6 Å². The first-order chi connectivity index (χ1) is 16.9. The van der Waals surface area contributed by atoms with Gasteiger partial charge in [-0.15, -0.1) is 0 Å². The molecule has 0 bridgehead atoms. The highest BCUT2D eigenvalue weighted by atomic mass is 19.1. The second-order valence-electron chi connectivity index (χ2n) is 9.22. The average molecular weight is 479 g/mol. The number of β-amino-alcohol motifs (C(OH)–C–C–N with tert-alkyl or cyclic N) is 1. The Labute approximate surface area is 197 Å². The van der Waals surface area contributed by atoms with Crippen LogP contribution in [0.2, 0.25) is 0 Å². The van der Waals surface area contributed by atoms with Crippen LogP contribution in [0.15, 0.2) is 27.8 Å². The van der Waals surface area contributed by atoms with Gasteiger partial charge in [0.2, 0.25) is 5.82 Å². The molecule has 180 valence electrons. The Bertz CT molecular complexity index is 1560. The molecule has 11 nitrogen and oxygen atoms in total. The van der Waals surface area contributed by atoms with Gasteiger partial charge in [-0.3, -0.25) is 14.1 Å². The molecular weight excluding hydrogens is 457 g/mol. The molecule has 2 N–H and O–H groups in total. The summed E-state index contributed by atoms with van der Waals surface area (Å²) >= 11 is 0. The Kier molecular flexibility index (Phi) is 4.96. The van der Waals surface area contributed by atoms with E-state index in [1.54, 1.807) is 0 Å². The van der Waals surface area contributed by atoms with Crippen LogP contribution in [0.1, 0.15) is 37.1 Å². The predicted molar refractivity (Wildman–Crippen MR) is 120 cm³/mol. The lowest BCUT2D eigenvalue weighted by atomic mass is 10.1. The van der Waals surface area contributed by atoms with Crippen LogP contribution in [0.5, 0.6) is 0 Å². The number of piperidine rings is 1. The molecule has 2 fully saturated rings. The molecule has 1 aliphatic carbocycles. The van der Waals surface area contributed by atoms with Gasteiger partial charge < -0.3 is 19.3 Å². The van der Waals surface area contributed by atoms with E-state index in [-0.39, 0.29) is 40.6 Å². The number of aromatic nitrogens is 5. The molecular formula is C23H22FN7O4. The summed E-state index contributed by atoms with van der Waals surface area (Å²) in [5.74, 6) is -0.582. The second kappa shape index (κ2) is 7.94. The van der Waals surface area contributed by atoms with Gasteiger partial charge in [0.15, 0.2) is 0 Å². The topological polar surface area (TPSA) is 146 Å². The summed E-state index contributed by atoms with van der Waals surface area (Å²) in [6, 6.07) is 4.58. The average Bonchev–Trinajstić information content (AvgIpc) is 3.24. The number of halogens is 1. The fourth-order valence-corrected chi connectivity index (χ4v) is 4.79. The maximum absolute atomic E-state index is 14.6. The third-order valence-corrected chi connectivity index (χ3v) is 6.84. The van der Waals surface area contributed by atoms with Crippen LogP contribution in [0, 0.1) is 17.1 Å². The maximum Gasteiger partial charge on any atom is 0.277 e. The summed E-state index contributed by atoms with van der Waals surface area (Å²) in [6.07, 6.45) is 3.58. The fourth-order valence-electron chi connectivity index (χ4n) is 4.79. The van der Waals surface area contributed by atoms with Crippen LogP contribution in [0.4, 0.5) is 4.39 Å². The van der Waals surface area contributed by atoms with Gasteiger partial charge >= 0.3 is 0 Å². The van der Waals surface area contributed by atoms with Gasteiger partial charge in [0.1, 0.15) is 40.6 Å². The van der Waals surface area contributed by atoms with E-state index in [2.05, 4.69) is 15.1 Å². The number of imidazole rings is 1. The van der Waals surface area contributed by atoms with Crippen molar-refractivity contribution in [1.82, 2.24) is 29.0 Å². The second-order valence-corrected chi connectivity index (χ2v) is 9.22. The van der Waals surface area contributed by atoms with Crippen molar-refractivity contribution in [1.29, 1.82) is 5.26 Å². The maximum atomic E-state index is 14.6. The Morgan fingerprint density at radius 3 is 2.86 bits per heavy atom. The Hall–Kier alpha value is -3.66. The van der Waals surface area contributed by atoms with Crippen molar-refractivity contribution in [3.05, 3.63) is 46.1 Å². The van der Waals surface area contributed by atoms with E-state index in [0.29, 0.717) is 31.4 Å². The number of rotatable bonds is 5. The van der Waals surface area contributed by atoms with Crippen molar-refractivity contribution >= 4 is 16.6 Å². The van der Waals surface area contributed by atoms with Crippen LogP contribution in [-0.4, -0.2) is 64.9 Å². The van der Waals surface area contributed by atoms with E-state index >= 15 is 0 Å². The molecule has 1 aromatic carbocycles. The molecule has 0 radical (unpaired) electrons. The van der Waals surface area contributed by atoms with Gasteiger partial charge in [0.05, 0.1) is 17.1 Å². The van der Waals surface area contributed by atoms with Gasteiger partial charge in [0, 0.05) is 19.6 Å². The molecule has 1 atom stereocenters. The number of nitriles is 1. The minimum atomic E-state index is -1.13. The van der Waals surface area contributed by atoms with Crippen molar-refractivity contribution in [3.8, 4) is 17.6 Å². The molecule has 0 amide bonds. The smallest absolute Gasteiger partial charge is 0.277 e. The summed E-state index contributed by atoms with van der Waals surface area (Å²) in [5, 5.41) is 33.9. The lowest BCUT2D eigenvalue weighted by Crippen LogP contribution is -2.41. The third-order valence-electron chi connectivity index (χ3n) is 6.84. The summed E-state index contributed by atoms with van der Waals surface area (Å²) in [5.41, 5.74) is -0.921. The highest BCUT2D eigenvalue weighted by molar-refractivity contribution is 5.87. The van der Waals surface area contributed by atoms with Crippen molar-refractivity contribution in [3.63, 3.8) is 0 Å². The fraction of sp³-hybridized carbons (Fsp3) is 0.435. The molecule has 1 saturated carbocycles. The molecule has 35 heavy (non-hydrogen) atoms. The van der Waals surface area contributed by atoms with Crippen LogP contribution in [-0.2, 0) is 12.1 Å². The molecule has 1 saturated heterocycles. The highest BCUT2D eigenvalue weighted by Crippen LogP contribution is 2.44. The number of fused-ring (bicyclic) bond motifs is 3. The number of hydrogen-bond acceptors (Lipinski definition) is 9. The van der Waals surface area contributed by atoms with E-state index in [0.717, 1.165) is 19.4 Å². The van der Waals surface area contributed by atoms with Crippen molar-refractivity contribution < 1.29 is 19.1 Å². The predicted octanol–water partition coefficient (Wildman–Crippen LogP) is 1.15. The number of aliphatic hydroxyl groups is 2. The van der Waals surface area contributed by atoms with Crippen LogP contribution in [0.25, 0.3) is 28.1 Å². The number of nitrogens with zero attached hydrogens (tertiary/aromatic N) is 7. The molecule has 4 aromatic rings. The highest BCUT2D eigenvalue weighted by Gasteiger charge is 2.48. The zero-order valence-corrected chi connectivity index (χ0v) is 18.7. The first-order valence-electron chi connectivity index (χ1n) is 11.5. The lowest BCUT2D eigenvalue weighted by molar-refractivity contribution is 0.0690. The third kappa shape index (κ3) is 3.51. The van der Waals surface area contributed by atoms with Gasteiger partial charge in [0.25, 0.3) is 11.4 Å². The molecule has 3 aromatic heterocycles. The van der Waals surface area contributed by atoms with Crippen LogP contribution < -0.4 is 5.56 Å². The van der Waals surface area contributed by atoms with E-state index < -0.39 is 23.1 Å². The molecule has 6 rings (SSSR count). The van der Waals surface area contributed by atoms with Gasteiger partial charge in [-0.2, -0.15) is 10.2 Å². The lowest BCUT2D eigenvalue weighted by Gasteiger charge is -2.30. The molecule has 1 aliphatic heterocycles. The van der Waals surface area contributed by atoms with Crippen molar-refractivity contribution in [2.45, 2.75) is 43.9 Å². The van der Waals surface area contributed by atoms with Gasteiger partial charge in [-0.05, 0) is 44.4 Å². The van der Waals surface area contributed by atoms with Crippen LogP contribution >= 0.6 is 0 Å². The monoisotopic (exact) mass is 479 g/mol. The molecule has 12 heteroatoms. The number of benzene rings is 1. The van der Waals surface area contributed by atoms with E-state index in [1.165, 1.54) is 27.4 Å².